The van der Waals surface area contributed by atoms with Gasteiger partial charge in [-0.15, -0.1) is 10.6 Å². The fraction of sp³-hybridized carbons (Fsp3) is 0.895. The van der Waals surface area contributed by atoms with Gasteiger partial charge in [-0.1, -0.05) is 123 Å². The van der Waals surface area contributed by atoms with E-state index in [4.69, 9.17) is 4.74 Å². The highest BCUT2D eigenvalue weighted by atomic mass is 32.2. The number of hydrogen-bond donors (Lipinski definition) is 2. The van der Waals surface area contributed by atoms with Crippen molar-refractivity contribution in [2.75, 3.05) is 53.0 Å². The lowest BCUT2D eigenvalue weighted by molar-refractivity contribution is -0.0634. The molecule has 0 bridgehead atoms. The fourth-order valence-electron chi connectivity index (χ4n) is 7.82. The molecule has 5 unspecified atom stereocenters. The van der Waals surface area contributed by atoms with Gasteiger partial charge in [0.05, 0.1) is 12.2 Å². The molecule has 0 spiro atoms. The van der Waals surface area contributed by atoms with Crippen molar-refractivity contribution in [1.29, 1.82) is 0 Å². The van der Waals surface area contributed by atoms with Crippen LogP contribution in [0.5, 0.6) is 0 Å². The van der Waals surface area contributed by atoms with Crippen LogP contribution in [-0.4, -0.2) is 128 Å². The first-order valence-corrected chi connectivity index (χ1v) is 25.3. The Kier molecular flexibility index (Phi) is 15.5. The van der Waals surface area contributed by atoms with Crippen molar-refractivity contribution in [1.82, 2.24) is 46.1 Å². The molecule has 1 aromatic rings. The zero-order valence-corrected chi connectivity index (χ0v) is 36.7. The van der Waals surface area contributed by atoms with Crippen molar-refractivity contribution in [3.05, 3.63) is 11.9 Å². The van der Waals surface area contributed by atoms with Crippen LogP contribution in [-0.2, 0) is 25.6 Å². The molecule has 5 rings (SSSR count). The molecule has 18 heteroatoms. The summed E-state index contributed by atoms with van der Waals surface area (Å²) >= 11 is 0. The van der Waals surface area contributed by atoms with E-state index in [2.05, 4.69) is 84.8 Å². The molecule has 0 aromatic carbocycles. The molecule has 4 aliphatic rings. The van der Waals surface area contributed by atoms with E-state index in [9.17, 15) is 21.6 Å². The fourth-order valence-corrected chi connectivity index (χ4v) is 9.21. The van der Waals surface area contributed by atoms with Gasteiger partial charge in [0.25, 0.3) is 0 Å². The summed E-state index contributed by atoms with van der Waals surface area (Å²) in [5, 5.41) is 17.8. The first kappa shape index (κ1) is 45.4. The second-order valence-electron chi connectivity index (χ2n) is 18.1. The molecule has 0 radical (unpaired) electrons. The summed E-state index contributed by atoms with van der Waals surface area (Å²) in [5.74, 6) is 3.53. The van der Waals surface area contributed by atoms with Crippen molar-refractivity contribution >= 4 is 18.2 Å². The second-order valence-corrected chi connectivity index (χ2v) is 24.7. The van der Waals surface area contributed by atoms with Crippen molar-refractivity contribution in [3.63, 3.8) is 0 Å². The summed E-state index contributed by atoms with van der Waals surface area (Å²) in [7, 11) is -6.86. The molecule has 5 atom stereocenters. The molecule has 1 aromatic heterocycles. The molecule has 0 saturated carbocycles. The minimum absolute atomic E-state index is 0.0442. The van der Waals surface area contributed by atoms with Gasteiger partial charge in [-0.3, -0.25) is 4.18 Å². The van der Waals surface area contributed by atoms with E-state index >= 15 is 0 Å². The molecule has 5 heterocycles. The van der Waals surface area contributed by atoms with Gasteiger partial charge < -0.3 is 4.74 Å². The molecule has 0 amide bonds. The van der Waals surface area contributed by atoms with Crippen LogP contribution in [0.2, 0.25) is 18.1 Å². The van der Waals surface area contributed by atoms with Crippen LogP contribution < -0.4 is 10.9 Å². The third-order valence-corrected chi connectivity index (χ3v) is 18.1. The predicted molar refractivity (Wildman–Crippen MR) is 213 cm³/mol. The minimum atomic E-state index is -5.87. The largest absolute Gasteiger partial charge is 0.523 e. The summed E-state index contributed by atoms with van der Waals surface area (Å²) in [6, 6.07) is 0.865. The standard InChI is InChI=1S/C38H68F3N9O4SSi/c1-8-9-10-11-12-13-14-15-16-17-18-19-33-26-47-23-32(25-49(47)43-33)35-28-48-22-31(24-50(48)44-35)34-27-46(45-42-34)29-37(53-5,20-21-56(6,7)36(2,3)4)30-54-55(51,52)38(39,40)41/h27,31-33,35,43-44H,8-19,22-26,28-30H2,1-7H3. The van der Waals surface area contributed by atoms with Crippen molar-refractivity contribution < 1.29 is 30.5 Å². The number of hydrogen-bond acceptors (Lipinski definition) is 12. The Morgan fingerprint density at radius 2 is 1.50 bits per heavy atom. The van der Waals surface area contributed by atoms with Gasteiger partial charge in [0, 0.05) is 76.5 Å². The van der Waals surface area contributed by atoms with Crippen LogP contribution >= 0.6 is 0 Å². The number of fused-ring (bicyclic) bond motifs is 2. The van der Waals surface area contributed by atoms with Crippen molar-refractivity contribution in [2.24, 2.45) is 5.92 Å². The number of hydrazine groups is 4. The SMILES string of the molecule is CCCCCCCCCCCCCC1CN2CC(C3CN4CC(c5cn(CC(C#C[Si](C)(C)C(C)(C)C)(COS(=O)(=O)C(F)(F)F)OC)nn5)CN4N3)CN2N1. The Labute approximate surface area is 334 Å². The van der Waals surface area contributed by atoms with Crippen molar-refractivity contribution in [3.8, 4) is 11.5 Å². The van der Waals surface area contributed by atoms with E-state index in [1.165, 1.54) is 88.8 Å². The maximum absolute atomic E-state index is 13.2. The normalized spacial score (nSPS) is 25.4. The molecular formula is C38H68F3N9O4SSi. The van der Waals surface area contributed by atoms with Crippen LogP contribution in [0.1, 0.15) is 116 Å². The molecule has 4 fully saturated rings. The van der Waals surface area contributed by atoms with Crippen LogP contribution in [0.3, 0.4) is 0 Å². The van der Waals surface area contributed by atoms with Gasteiger partial charge in [-0.2, -0.15) is 31.8 Å². The van der Waals surface area contributed by atoms with Crippen LogP contribution in [0.4, 0.5) is 13.2 Å². The van der Waals surface area contributed by atoms with Gasteiger partial charge in [-0.05, 0) is 11.5 Å². The van der Waals surface area contributed by atoms with Gasteiger partial charge in [0.1, 0.15) is 14.7 Å². The summed E-state index contributed by atoms with van der Waals surface area (Å²) in [4.78, 5) is 0. The molecule has 0 aliphatic carbocycles. The lowest BCUT2D eigenvalue weighted by Crippen LogP contribution is -2.44. The number of alkyl halides is 3. The first-order chi connectivity index (χ1) is 26.4. The highest BCUT2D eigenvalue weighted by Gasteiger charge is 2.50. The third kappa shape index (κ3) is 11.8. The van der Waals surface area contributed by atoms with Crippen LogP contribution in [0.25, 0.3) is 0 Å². The Balaban J connectivity index is 1.07. The molecule has 13 nitrogen and oxygen atoms in total. The summed E-state index contributed by atoms with van der Waals surface area (Å²) < 4.78 is 75.0. The highest BCUT2D eigenvalue weighted by molar-refractivity contribution is 7.87. The van der Waals surface area contributed by atoms with Gasteiger partial charge >= 0.3 is 15.6 Å². The minimum Gasteiger partial charge on any atom is -0.361 e. The Morgan fingerprint density at radius 3 is 2.09 bits per heavy atom. The van der Waals surface area contributed by atoms with E-state index in [0.29, 0.717) is 24.5 Å². The van der Waals surface area contributed by atoms with Crippen molar-refractivity contribution in [2.45, 2.75) is 159 Å². The number of nitrogens with zero attached hydrogens (tertiary/aromatic N) is 7. The average molecular weight is 832 g/mol. The number of unbranched alkanes of at least 4 members (excludes halogenated alkanes) is 10. The number of halogens is 3. The highest BCUT2D eigenvalue weighted by Crippen LogP contribution is 2.36. The smallest absolute Gasteiger partial charge is 0.361 e. The molecule has 2 N–H and O–H groups in total. The number of rotatable bonds is 20. The predicted octanol–water partition coefficient (Wildman–Crippen LogP) is 5.82. The second kappa shape index (κ2) is 19.2. The van der Waals surface area contributed by atoms with Gasteiger partial charge in [-0.25, -0.2) is 25.6 Å². The summed E-state index contributed by atoms with van der Waals surface area (Å²) in [6.45, 7) is 16.8. The molecule has 320 valence electrons. The lowest BCUT2D eigenvalue weighted by atomic mass is 10.00. The monoisotopic (exact) mass is 831 g/mol. The molecular weight excluding hydrogens is 764 g/mol. The quantitative estimate of drug-likeness (QED) is 0.0542. The third-order valence-electron chi connectivity index (χ3n) is 12.6. The van der Waals surface area contributed by atoms with Gasteiger partial charge in [0.2, 0.25) is 0 Å². The number of aromatic nitrogens is 3. The maximum Gasteiger partial charge on any atom is 0.523 e. The summed E-state index contributed by atoms with van der Waals surface area (Å²) in [6.07, 6.45) is 18.0. The molecule has 4 aliphatic heterocycles. The van der Waals surface area contributed by atoms with E-state index in [1.807, 2.05) is 13.1 Å². The summed E-state index contributed by atoms with van der Waals surface area (Å²) in [5.41, 5.74) is 4.19. The van der Waals surface area contributed by atoms with E-state index in [1.54, 1.807) is 6.20 Å². The number of ether oxygens (including phenoxy) is 1. The van der Waals surface area contributed by atoms with Crippen LogP contribution in [0, 0.1) is 17.4 Å². The van der Waals surface area contributed by atoms with E-state index in [-0.39, 0.29) is 17.5 Å². The average Bonchev–Trinajstić information content (AvgIpc) is 3.94. The van der Waals surface area contributed by atoms with E-state index < -0.39 is 35.9 Å². The van der Waals surface area contributed by atoms with Crippen LogP contribution in [0.15, 0.2) is 6.20 Å². The first-order valence-electron chi connectivity index (χ1n) is 20.9. The maximum atomic E-state index is 13.2. The number of nitrogens with one attached hydrogen (secondary N) is 2. The zero-order chi connectivity index (χ0) is 40.8. The number of methoxy groups -OCH3 is 1. The molecule has 4 saturated heterocycles. The molecule has 56 heavy (non-hydrogen) atoms. The lowest BCUT2D eigenvalue weighted by Gasteiger charge is -2.33. The Bertz CT molecular complexity index is 1560. The van der Waals surface area contributed by atoms with E-state index in [0.717, 1.165) is 38.4 Å². The zero-order valence-electron chi connectivity index (χ0n) is 34.8. The Hall–Kier alpha value is -1.66. The topological polar surface area (TPSA) is 120 Å². The Morgan fingerprint density at radius 1 is 0.875 bits per heavy atom. The van der Waals surface area contributed by atoms with Gasteiger partial charge in [0.15, 0.2) is 5.60 Å².